The molecule has 0 bridgehead atoms. The van der Waals surface area contributed by atoms with E-state index in [9.17, 15) is 4.79 Å². The summed E-state index contributed by atoms with van der Waals surface area (Å²) in [7, 11) is 0. The first-order chi connectivity index (χ1) is 10.4. The van der Waals surface area contributed by atoms with Crippen molar-refractivity contribution >= 4 is 5.91 Å². The fourth-order valence-corrected chi connectivity index (χ4v) is 3.62. The normalized spacial score (nSPS) is 23.3. The van der Waals surface area contributed by atoms with Crippen LogP contribution in [-0.2, 0) is 17.6 Å². The molecule has 1 aromatic carbocycles. The van der Waals surface area contributed by atoms with Gasteiger partial charge >= 0.3 is 0 Å². The van der Waals surface area contributed by atoms with E-state index in [1.54, 1.807) is 13.8 Å². The first-order valence-electron chi connectivity index (χ1n) is 8.34. The van der Waals surface area contributed by atoms with E-state index in [2.05, 4.69) is 34.5 Å². The number of piperidine rings is 1. The molecule has 2 aliphatic rings. The molecule has 1 amide bonds. The molecule has 1 fully saturated rings. The van der Waals surface area contributed by atoms with Crippen molar-refractivity contribution in [2.45, 2.75) is 57.2 Å². The summed E-state index contributed by atoms with van der Waals surface area (Å²) in [4.78, 5) is 14.6. The van der Waals surface area contributed by atoms with Crippen LogP contribution in [0.1, 0.15) is 37.8 Å². The Morgan fingerprint density at radius 2 is 1.91 bits per heavy atom. The van der Waals surface area contributed by atoms with Gasteiger partial charge in [0.05, 0.1) is 5.54 Å². The molecule has 1 saturated heterocycles. The van der Waals surface area contributed by atoms with E-state index in [1.807, 2.05) is 0 Å². The molecule has 1 heterocycles. The molecule has 0 spiro atoms. The Balaban J connectivity index is 1.59. The van der Waals surface area contributed by atoms with E-state index < -0.39 is 5.54 Å². The predicted molar refractivity (Wildman–Crippen MR) is 88.6 cm³/mol. The van der Waals surface area contributed by atoms with Crippen LogP contribution in [-0.4, -0.2) is 41.5 Å². The molecule has 0 aromatic heterocycles. The Morgan fingerprint density at radius 1 is 1.27 bits per heavy atom. The minimum Gasteiger partial charge on any atom is -0.351 e. The molecule has 22 heavy (non-hydrogen) atoms. The molecule has 1 aromatic rings. The second-order valence-corrected chi connectivity index (χ2v) is 7.36. The monoisotopic (exact) mass is 301 g/mol. The van der Waals surface area contributed by atoms with Crippen molar-refractivity contribution in [2.75, 3.05) is 13.1 Å². The van der Waals surface area contributed by atoms with Crippen LogP contribution >= 0.6 is 0 Å². The molecule has 3 rings (SSSR count). The number of amides is 1. The molecule has 1 aliphatic carbocycles. The fraction of sp³-hybridized carbons (Fsp3) is 0.611. The quantitative estimate of drug-likeness (QED) is 0.889. The van der Waals surface area contributed by atoms with E-state index >= 15 is 0 Å². The van der Waals surface area contributed by atoms with Gasteiger partial charge in [-0.05, 0) is 57.2 Å². The maximum Gasteiger partial charge on any atom is 0.239 e. The molecule has 3 N–H and O–H groups in total. The van der Waals surface area contributed by atoms with Crippen LogP contribution in [0.4, 0.5) is 0 Å². The number of likely N-dealkylation sites (tertiary alicyclic amines) is 1. The highest BCUT2D eigenvalue weighted by atomic mass is 16.2. The summed E-state index contributed by atoms with van der Waals surface area (Å²) >= 11 is 0. The zero-order chi connectivity index (χ0) is 15.7. The van der Waals surface area contributed by atoms with E-state index in [0.29, 0.717) is 6.04 Å². The van der Waals surface area contributed by atoms with E-state index in [4.69, 9.17) is 5.73 Å². The summed E-state index contributed by atoms with van der Waals surface area (Å²) < 4.78 is 0. The molecule has 0 radical (unpaired) electrons. The van der Waals surface area contributed by atoms with Crippen LogP contribution in [0.25, 0.3) is 0 Å². The van der Waals surface area contributed by atoms with Gasteiger partial charge in [-0.15, -0.1) is 0 Å². The number of carbonyl (C=O) groups excluding carboxylic acids is 1. The van der Waals surface area contributed by atoms with Crippen LogP contribution < -0.4 is 11.1 Å². The van der Waals surface area contributed by atoms with E-state index in [1.165, 1.54) is 11.1 Å². The third-order valence-electron chi connectivity index (χ3n) is 4.92. The minimum absolute atomic E-state index is 0.0472. The predicted octanol–water partition coefficient (Wildman–Crippen LogP) is 1.47. The molecule has 120 valence electrons. The second kappa shape index (κ2) is 6.01. The van der Waals surface area contributed by atoms with Gasteiger partial charge in [-0.3, -0.25) is 9.69 Å². The summed E-state index contributed by atoms with van der Waals surface area (Å²) in [5.74, 6) is -0.0472. The summed E-state index contributed by atoms with van der Waals surface area (Å²) in [5, 5.41) is 3.13. The van der Waals surface area contributed by atoms with Crippen LogP contribution in [0.3, 0.4) is 0 Å². The number of hydrogen-bond donors (Lipinski definition) is 2. The number of nitrogens with one attached hydrogen (secondary N) is 1. The third-order valence-corrected chi connectivity index (χ3v) is 4.92. The standard InChI is InChI=1S/C18H27N3O/c1-18(2,19)17(22)20-15-8-5-9-21(12-15)16-10-13-6-3-4-7-14(13)11-16/h3-4,6-7,15-16H,5,8-12,19H2,1-2H3,(H,20,22). The van der Waals surface area contributed by atoms with Crippen molar-refractivity contribution in [3.8, 4) is 0 Å². The number of fused-ring (bicyclic) bond motifs is 1. The summed E-state index contributed by atoms with van der Waals surface area (Å²) in [6, 6.07) is 9.56. The molecule has 4 nitrogen and oxygen atoms in total. The molecule has 1 atom stereocenters. The number of carbonyl (C=O) groups is 1. The van der Waals surface area contributed by atoms with Gasteiger partial charge in [0, 0.05) is 18.6 Å². The topological polar surface area (TPSA) is 58.4 Å². The van der Waals surface area contributed by atoms with Crippen LogP contribution in [0.15, 0.2) is 24.3 Å². The number of hydrogen-bond acceptors (Lipinski definition) is 3. The van der Waals surface area contributed by atoms with E-state index in [-0.39, 0.29) is 11.9 Å². The lowest BCUT2D eigenvalue weighted by atomic mass is 10.00. The van der Waals surface area contributed by atoms with Crippen LogP contribution in [0.5, 0.6) is 0 Å². The Bertz CT molecular complexity index is 525. The number of nitrogens with zero attached hydrogens (tertiary/aromatic N) is 1. The van der Waals surface area contributed by atoms with Gasteiger partial charge < -0.3 is 11.1 Å². The SMILES string of the molecule is CC(C)(N)C(=O)NC1CCCN(C2Cc3ccccc3C2)C1. The Labute approximate surface area is 133 Å². The van der Waals surface area contributed by atoms with Crippen LogP contribution in [0, 0.1) is 0 Å². The van der Waals surface area contributed by atoms with Crippen LogP contribution in [0.2, 0.25) is 0 Å². The zero-order valence-electron chi connectivity index (χ0n) is 13.6. The summed E-state index contributed by atoms with van der Waals surface area (Å²) in [6.07, 6.45) is 4.47. The van der Waals surface area contributed by atoms with Gasteiger partial charge in [0.25, 0.3) is 0 Å². The third kappa shape index (κ3) is 3.33. The maximum atomic E-state index is 12.1. The average Bonchev–Trinajstić information content (AvgIpc) is 2.90. The lowest BCUT2D eigenvalue weighted by Gasteiger charge is -2.37. The molecule has 0 saturated carbocycles. The second-order valence-electron chi connectivity index (χ2n) is 7.36. The van der Waals surface area contributed by atoms with Crippen molar-refractivity contribution in [3.63, 3.8) is 0 Å². The molecule has 1 unspecified atom stereocenters. The lowest BCUT2D eigenvalue weighted by Crippen LogP contribution is -2.57. The largest absolute Gasteiger partial charge is 0.351 e. The highest BCUT2D eigenvalue weighted by Gasteiger charge is 2.32. The van der Waals surface area contributed by atoms with Gasteiger partial charge in [-0.2, -0.15) is 0 Å². The Kier molecular flexibility index (Phi) is 4.24. The zero-order valence-corrected chi connectivity index (χ0v) is 13.6. The minimum atomic E-state index is -0.800. The van der Waals surface area contributed by atoms with Crippen molar-refractivity contribution in [1.29, 1.82) is 0 Å². The van der Waals surface area contributed by atoms with Gasteiger partial charge in [0.1, 0.15) is 0 Å². The first-order valence-corrected chi connectivity index (χ1v) is 8.34. The summed E-state index contributed by atoms with van der Waals surface area (Å²) in [6.45, 7) is 5.60. The lowest BCUT2D eigenvalue weighted by molar-refractivity contribution is -0.126. The van der Waals surface area contributed by atoms with Crippen molar-refractivity contribution in [2.24, 2.45) is 5.73 Å². The average molecular weight is 301 g/mol. The number of rotatable bonds is 3. The number of nitrogens with two attached hydrogens (primary N) is 1. The molecular weight excluding hydrogens is 274 g/mol. The van der Waals surface area contributed by atoms with Crippen molar-refractivity contribution in [1.82, 2.24) is 10.2 Å². The maximum absolute atomic E-state index is 12.1. The summed E-state index contributed by atoms with van der Waals surface area (Å²) in [5.41, 5.74) is 8.06. The number of benzene rings is 1. The highest BCUT2D eigenvalue weighted by Crippen LogP contribution is 2.27. The van der Waals surface area contributed by atoms with Crippen molar-refractivity contribution < 1.29 is 4.79 Å². The molecule has 1 aliphatic heterocycles. The highest BCUT2D eigenvalue weighted by molar-refractivity contribution is 5.85. The van der Waals surface area contributed by atoms with Crippen molar-refractivity contribution in [3.05, 3.63) is 35.4 Å². The van der Waals surface area contributed by atoms with Gasteiger partial charge in [-0.1, -0.05) is 24.3 Å². The Hall–Kier alpha value is -1.39. The van der Waals surface area contributed by atoms with Gasteiger partial charge in [0.2, 0.25) is 5.91 Å². The van der Waals surface area contributed by atoms with E-state index in [0.717, 1.165) is 38.8 Å². The Morgan fingerprint density at radius 3 is 2.50 bits per heavy atom. The first kappa shape index (κ1) is 15.5. The van der Waals surface area contributed by atoms with Gasteiger partial charge in [-0.25, -0.2) is 0 Å². The van der Waals surface area contributed by atoms with Gasteiger partial charge in [0.15, 0.2) is 0 Å². The fourth-order valence-electron chi connectivity index (χ4n) is 3.62. The molecular formula is C18H27N3O. The smallest absolute Gasteiger partial charge is 0.239 e. The molecule has 4 heteroatoms.